The lowest BCUT2D eigenvalue weighted by Crippen LogP contribution is -2.37. The van der Waals surface area contributed by atoms with E-state index in [4.69, 9.17) is 4.74 Å². The van der Waals surface area contributed by atoms with Gasteiger partial charge in [0.15, 0.2) is 0 Å². The van der Waals surface area contributed by atoms with Crippen LogP contribution in [0.5, 0.6) is 5.75 Å². The summed E-state index contributed by atoms with van der Waals surface area (Å²) in [6.45, 7) is 0.153. The molecule has 0 saturated heterocycles. The van der Waals surface area contributed by atoms with Gasteiger partial charge in [0.05, 0.1) is 30.4 Å². The number of aromatic nitrogens is 2. The zero-order valence-electron chi connectivity index (χ0n) is 16.6. The molecule has 1 unspecified atom stereocenters. The van der Waals surface area contributed by atoms with Crippen molar-refractivity contribution in [1.29, 1.82) is 0 Å². The predicted octanol–water partition coefficient (Wildman–Crippen LogP) is 1.96. The Labute approximate surface area is 167 Å². The highest BCUT2D eigenvalue weighted by Crippen LogP contribution is 2.22. The van der Waals surface area contributed by atoms with Crippen LogP contribution in [0.4, 0.5) is 4.39 Å². The first-order valence-electron chi connectivity index (χ1n) is 9.11. The lowest BCUT2D eigenvalue weighted by atomic mass is 10.1. The van der Waals surface area contributed by atoms with E-state index in [2.05, 4.69) is 10.3 Å². The maximum Gasteiger partial charge on any atom is 0.261 e. The normalized spacial score (nSPS) is 12.2. The second-order valence-electron chi connectivity index (χ2n) is 6.90. The van der Waals surface area contributed by atoms with E-state index >= 15 is 0 Å². The Morgan fingerprint density at radius 3 is 2.79 bits per heavy atom. The summed E-state index contributed by atoms with van der Waals surface area (Å²) in [7, 11) is 5.44. The van der Waals surface area contributed by atoms with Gasteiger partial charge in [0.25, 0.3) is 5.56 Å². The number of methoxy groups -OCH3 is 1. The number of hydrogen-bond donors (Lipinski definition) is 1. The number of halogens is 1. The smallest absolute Gasteiger partial charge is 0.261 e. The van der Waals surface area contributed by atoms with Crippen LogP contribution in [-0.4, -0.2) is 48.1 Å². The SMILES string of the molecule is COc1cccc(C(CNC(=O)Cn2cnc3ccc(F)cc3c2=O)N(C)C)c1. The quantitative estimate of drug-likeness (QED) is 0.659. The van der Waals surface area contributed by atoms with Crippen molar-refractivity contribution in [3.05, 3.63) is 70.5 Å². The fraction of sp³-hybridized carbons (Fsp3) is 0.286. The molecule has 0 aliphatic carbocycles. The van der Waals surface area contributed by atoms with Crippen LogP contribution in [0.2, 0.25) is 0 Å². The topological polar surface area (TPSA) is 76.5 Å². The fourth-order valence-electron chi connectivity index (χ4n) is 3.11. The van der Waals surface area contributed by atoms with Crippen molar-refractivity contribution in [1.82, 2.24) is 19.8 Å². The maximum atomic E-state index is 13.4. The monoisotopic (exact) mass is 398 g/mol. The third-order valence-corrected chi connectivity index (χ3v) is 4.69. The molecule has 8 heteroatoms. The largest absolute Gasteiger partial charge is 0.497 e. The first-order valence-corrected chi connectivity index (χ1v) is 9.11. The first kappa shape index (κ1) is 20.5. The second-order valence-corrected chi connectivity index (χ2v) is 6.90. The Hall–Kier alpha value is -3.26. The van der Waals surface area contributed by atoms with E-state index < -0.39 is 11.4 Å². The molecule has 0 radical (unpaired) electrons. The zero-order valence-corrected chi connectivity index (χ0v) is 16.6. The number of benzene rings is 2. The third-order valence-electron chi connectivity index (χ3n) is 4.69. The van der Waals surface area contributed by atoms with Crippen LogP contribution in [0.3, 0.4) is 0 Å². The molecule has 2 aromatic carbocycles. The van der Waals surface area contributed by atoms with Crippen LogP contribution in [0.1, 0.15) is 11.6 Å². The summed E-state index contributed by atoms with van der Waals surface area (Å²) in [5.41, 5.74) is 0.926. The number of carbonyl (C=O) groups is 1. The molecule has 1 atom stereocenters. The van der Waals surface area contributed by atoms with Crippen molar-refractivity contribution < 1.29 is 13.9 Å². The lowest BCUT2D eigenvalue weighted by molar-refractivity contribution is -0.121. The predicted molar refractivity (Wildman–Crippen MR) is 108 cm³/mol. The van der Waals surface area contributed by atoms with E-state index in [1.807, 2.05) is 43.3 Å². The van der Waals surface area contributed by atoms with E-state index in [0.29, 0.717) is 12.1 Å². The van der Waals surface area contributed by atoms with Crippen molar-refractivity contribution in [3.8, 4) is 5.75 Å². The van der Waals surface area contributed by atoms with Crippen LogP contribution in [-0.2, 0) is 11.3 Å². The molecule has 152 valence electrons. The molecule has 0 spiro atoms. The molecule has 3 aromatic rings. The van der Waals surface area contributed by atoms with E-state index in [0.717, 1.165) is 17.4 Å². The lowest BCUT2D eigenvalue weighted by Gasteiger charge is -2.25. The van der Waals surface area contributed by atoms with Gasteiger partial charge in [-0.1, -0.05) is 12.1 Å². The number of rotatable bonds is 7. The minimum absolute atomic E-state index is 0.0744. The number of amides is 1. The molecule has 1 heterocycles. The van der Waals surface area contributed by atoms with Crippen LogP contribution < -0.4 is 15.6 Å². The van der Waals surface area contributed by atoms with E-state index in [9.17, 15) is 14.0 Å². The summed E-state index contributed by atoms with van der Waals surface area (Å²) < 4.78 is 19.9. The number of nitrogens with one attached hydrogen (secondary N) is 1. The van der Waals surface area contributed by atoms with Crippen molar-refractivity contribution in [3.63, 3.8) is 0 Å². The minimum Gasteiger partial charge on any atom is -0.497 e. The van der Waals surface area contributed by atoms with Gasteiger partial charge < -0.3 is 15.0 Å². The Bertz CT molecular complexity index is 1080. The summed E-state index contributed by atoms with van der Waals surface area (Å²) in [6.07, 6.45) is 1.30. The molecule has 3 rings (SSSR count). The van der Waals surface area contributed by atoms with Gasteiger partial charge in [-0.25, -0.2) is 9.37 Å². The van der Waals surface area contributed by atoms with Crippen LogP contribution >= 0.6 is 0 Å². The Morgan fingerprint density at radius 1 is 1.28 bits per heavy atom. The van der Waals surface area contributed by atoms with E-state index in [-0.39, 0.29) is 23.9 Å². The zero-order chi connectivity index (χ0) is 21.0. The molecule has 29 heavy (non-hydrogen) atoms. The number of likely N-dealkylation sites (N-methyl/N-ethyl adjacent to an activating group) is 1. The van der Waals surface area contributed by atoms with Crippen molar-refractivity contribution >= 4 is 16.8 Å². The number of hydrogen-bond acceptors (Lipinski definition) is 5. The number of fused-ring (bicyclic) bond motifs is 1. The molecule has 0 bridgehead atoms. The summed E-state index contributed by atoms with van der Waals surface area (Å²) in [5.74, 6) is -0.119. The second kappa shape index (κ2) is 8.83. The maximum absolute atomic E-state index is 13.4. The molecule has 0 saturated carbocycles. The molecule has 1 N–H and O–H groups in total. The summed E-state index contributed by atoms with van der Waals surface area (Å²) in [5, 5.41) is 2.99. The van der Waals surface area contributed by atoms with Crippen LogP contribution in [0.15, 0.2) is 53.6 Å². The Balaban J connectivity index is 1.72. The van der Waals surface area contributed by atoms with Gasteiger partial charge in [-0.2, -0.15) is 0 Å². The third kappa shape index (κ3) is 4.78. The molecular weight excluding hydrogens is 375 g/mol. The molecular formula is C21H23FN4O3. The number of nitrogens with zero attached hydrogens (tertiary/aromatic N) is 3. The molecule has 1 amide bonds. The summed E-state index contributed by atoms with van der Waals surface area (Å²) in [6, 6.07) is 11.4. The van der Waals surface area contributed by atoms with E-state index in [1.165, 1.54) is 23.0 Å². The Morgan fingerprint density at radius 2 is 2.07 bits per heavy atom. The van der Waals surface area contributed by atoms with Crippen LogP contribution in [0.25, 0.3) is 10.9 Å². The average Bonchev–Trinajstić information content (AvgIpc) is 2.70. The first-order chi connectivity index (χ1) is 13.9. The fourth-order valence-corrected chi connectivity index (χ4v) is 3.11. The molecule has 1 aromatic heterocycles. The van der Waals surface area contributed by atoms with Crippen molar-refractivity contribution in [2.45, 2.75) is 12.6 Å². The van der Waals surface area contributed by atoms with Crippen molar-refractivity contribution in [2.75, 3.05) is 27.7 Å². The number of carbonyl (C=O) groups excluding carboxylic acids is 1. The molecule has 0 fully saturated rings. The van der Waals surface area contributed by atoms with Crippen LogP contribution in [0, 0.1) is 5.82 Å². The van der Waals surface area contributed by atoms with Gasteiger partial charge >= 0.3 is 0 Å². The van der Waals surface area contributed by atoms with Gasteiger partial charge in [-0.15, -0.1) is 0 Å². The molecule has 0 aliphatic rings. The molecule has 0 aliphatic heterocycles. The minimum atomic E-state index is -0.522. The van der Waals surface area contributed by atoms with Gasteiger partial charge in [-0.3, -0.25) is 14.2 Å². The number of ether oxygens (including phenoxy) is 1. The van der Waals surface area contributed by atoms with Gasteiger partial charge in [0.2, 0.25) is 5.91 Å². The van der Waals surface area contributed by atoms with Gasteiger partial charge in [0, 0.05) is 6.54 Å². The molecule has 7 nitrogen and oxygen atoms in total. The summed E-state index contributed by atoms with van der Waals surface area (Å²) in [4.78, 5) is 31.1. The Kier molecular flexibility index (Phi) is 6.23. The summed E-state index contributed by atoms with van der Waals surface area (Å²) >= 11 is 0. The van der Waals surface area contributed by atoms with E-state index in [1.54, 1.807) is 7.11 Å². The highest BCUT2D eigenvalue weighted by molar-refractivity contribution is 5.79. The highest BCUT2D eigenvalue weighted by Gasteiger charge is 2.17. The standard InChI is InChI=1S/C21H23FN4O3/c1-25(2)19(14-5-4-6-16(9-14)29-3)11-23-20(27)12-26-13-24-18-8-7-15(22)10-17(18)21(26)28/h4-10,13,19H,11-12H2,1-3H3,(H,23,27). The van der Waals surface area contributed by atoms with Gasteiger partial charge in [0.1, 0.15) is 18.1 Å². The highest BCUT2D eigenvalue weighted by atomic mass is 19.1. The average molecular weight is 398 g/mol. The van der Waals surface area contributed by atoms with Crippen molar-refractivity contribution in [2.24, 2.45) is 0 Å². The van der Waals surface area contributed by atoms with Gasteiger partial charge in [-0.05, 0) is 50.0 Å².